The molecule has 0 amide bonds. The van der Waals surface area contributed by atoms with Crippen LogP contribution in [0.2, 0.25) is 0 Å². The molecular formula is C59H104O6. The second-order valence-corrected chi connectivity index (χ2v) is 18.5. The van der Waals surface area contributed by atoms with Crippen LogP contribution in [0.4, 0.5) is 0 Å². The predicted molar refractivity (Wildman–Crippen MR) is 279 cm³/mol. The van der Waals surface area contributed by atoms with Crippen LogP contribution in [0.1, 0.15) is 278 Å². The fraction of sp³-hybridized carbons (Fsp3) is 0.780. The van der Waals surface area contributed by atoms with Gasteiger partial charge in [-0.05, 0) is 77.0 Å². The first kappa shape index (κ1) is 62.1. The molecule has 0 spiro atoms. The molecule has 0 aromatic rings. The van der Waals surface area contributed by atoms with E-state index in [1.807, 2.05) is 0 Å². The van der Waals surface area contributed by atoms with Crippen molar-refractivity contribution in [3.05, 3.63) is 60.8 Å². The minimum absolute atomic E-state index is 0.0836. The van der Waals surface area contributed by atoms with Gasteiger partial charge < -0.3 is 14.2 Å². The number of ether oxygens (including phenoxy) is 3. The Morgan fingerprint density at radius 3 is 0.985 bits per heavy atom. The maximum Gasteiger partial charge on any atom is 0.306 e. The molecule has 6 nitrogen and oxygen atoms in total. The molecule has 0 bridgehead atoms. The first-order valence-electron chi connectivity index (χ1n) is 27.8. The average Bonchev–Trinajstić information content (AvgIpc) is 3.30. The third kappa shape index (κ3) is 51.9. The molecule has 0 aromatic carbocycles. The van der Waals surface area contributed by atoms with Crippen LogP contribution in [-0.4, -0.2) is 37.2 Å². The van der Waals surface area contributed by atoms with Crippen LogP contribution in [-0.2, 0) is 28.6 Å². The van der Waals surface area contributed by atoms with Gasteiger partial charge in [-0.15, -0.1) is 0 Å². The summed E-state index contributed by atoms with van der Waals surface area (Å²) in [6.07, 6.45) is 66.3. The van der Waals surface area contributed by atoms with Gasteiger partial charge in [-0.2, -0.15) is 0 Å². The lowest BCUT2D eigenvalue weighted by molar-refractivity contribution is -0.167. The van der Waals surface area contributed by atoms with Crippen molar-refractivity contribution in [2.45, 2.75) is 284 Å². The van der Waals surface area contributed by atoms with Crippen LogP contribution in [0.3, 0.4) is 0 Å². The Hall–Kier alpha value is -2.89. The van der Waals surface area contributed by atoms with Gasteiger partial charge in [0.2, 0.25) is 0 Å². The summed E-state index contributed by atoms with van der Waals surface area (Å²) in [7, 11) is 0. The van der Waals surface area contributed by atoms with Gasteiger partial charge in [0.25, 0.3) is 0 Å². The van der Waals surface area contributed by atoms with E-state index in [4.69, 9.17) is 14.2 Å². The zero-order valence-corrected chi connectivity index (χ0v) is 43.0. The second-order valence-electron chi connectivity index (χ2n) is 18.5. The molecule has 6 heteroatoms. The van der Waals surface area contributed by atoms with Crippen molar-refractivity contribution in [2.24, 2.45) is 0 Å². The normalized spacial score (nSPS) is 12.5. The molecule has 1 unspecified atom stereocenters. The van der Waals surface area contributed by atoms with Crippen molar-refractivity contribution < 1.29 is 28.6 Å². The van der Waals surface area contributed by atoms with E-state index >= 15 is 0 Å². The highest BCUT2D eigenvalue weighted by molar-refractivity contribution is 5.71. The predicted octanol–water partition coefficient (Wildman–Crippen LogP) is 18.4. The molecule has 1 atom stereocenters. The van der Waals surface area contributed by atoms with E-state index < -0.39 is 6.10 Å². The molecule has 376 valence electrons. The van der Waals surface area contributed by atoms with Crippen molar-refractivity contribution in [3.8, 4) is 0 Å². The van der Waals surface area contributed by atoms with Crippen molar-refractivity contribution in [1.29, 1.82) is 0 Å². The number of hydrogen-bond acceptors (Lipinski definition) is 6. The minimum Gasteiger partial charge on any atom is -0.462 e. The highest BCUT2D eigenvalue weighted by Crippen LogP contribution is 2.16. The van der Waals surface area contributed by atoms with Crippen LogP contribution in [0.15, 0.2) is 60.8 Å². The summed E-state index contributed by atoms with van der Waals surface area (Å²) in [5.41, 5.74) is 0. The smallest absolute Gasteiger partial charge is 0.306 e. The Kier molecular flexibility index (Phi) is 51.3. The maximum absolute atomic E-state index is 12.8. The summed E-state index contributed by atoms with van der Waals surface area (Å²) in [5.74, 6) is -0.906. The van der Waals surface area contributed by atoms with E-state index in [1.165, 1.54) is 122 Å². The lowest BCUT2D eigenvalue weighted by Crippen LogP contribution is -2.30. The topological polar surface area (TPSA) is 78.9 Å². The molecule has 0 saturated carbocycles. The van der Waals surface area contributed by atoms with Gasteiger partial charge in [0, 0.05) is 19.3 Å². The molecule has 0 aliphatic heterocycles. The molecule has 0 rings (SSSR count). The van der Waals surface area contributed by atoms with Gasteiger partial charge in [-0.3, -0.25) is 14.4 Å². The van der Waals surface area contributed by atoms with Crippen molar-refractivity contribution in [2.75, 3.05) is 13.2 Å². The Morgan fingerprint density at radius 1 is 0.323 bits per heavy atom. The largest absolute Gasteiger partial charge is 0.462 e. The Morgan fingerprint density at radius 2 is 0.615 bits per heavy atom. The quantitative estimate of drug-likeness (QED) is 0.0262. The first-order valence-corrected chi connectivity index (χ1v) is 27.8. The highest BCUT2D eigenvalue weighted by atomic mass is 16.6. The van der Waals surface area contributed by atoms with Gasteiger partial charge in [0.1, 0.15) is 13.2 Å². The molecule has 0 N–H and O–H groups in total. The van der Waals surface area contributed by atoms with Crippen LogP contribution in [0, 0.1) is 0 Å². The van der Waals surface area contributed by atoms with Crippen molar-refractivity contribution in [1.82, 2.24) is 0 Å². The summed E-state index contributed by atoms with van der Waals surface area (Å²) in [5, 5.41) is 0. The molecule has 0 radical (unpaired) electrons. The molecule has 0 aliphatic carbocycles. The number of allylic oxidation sites excluding steroid dienone is 10. The summed E-state index contributed by atoms with van der Waals surface area (Å²) < 4.78 is 16.8. The molecule has 0 heterocycles. The van der Waals surface area contributed by atoms with E-state index in [9.17, 15) is 14.4 Å². The molecule has 0 aromatic heterocycles. The maximum atomic E-state index is 12.8. The number of carbonyl (C=O) groups is 3. The fourth-order valence-corrected chi connectivity index (χ4v) is 7.83. The number of carbonyl (C=O) groups excluding carboxylic acids is 3. The van der Waals surface area contributed by atoms with E-state index in [-0.39, 0.29) is 31.1 Å². The lowest BCUT2D eigenvalue weighted by atomic mass is 10.0. The Balaban J connectivity index is 4.38. The van der Waals surface area contributed by atoms with Gasteiger partial charge in [-0.1, -0.05) is 242 Å². The zero-order valence-electron chi connectivity index (χ0n) is 43.0. The SMILES string of the molecule is CC/C=C\C/C=C\C/C=C\CCCCCCCC(=O)OC(COC(=O)CCCCCCC/C=C\C/C=C\CCCC)COC(=O)CCCCCCCCCCCCCCCCCCCC. The van der Waals surface area contributed by atoms with Crippen LogP contribution < -0.4 is 0 Å². The van der Waals surface area contributed by atoms with Crippen molar-refractivity contribution in [3.63, 3.8) is 0 Å². The summed E-state index contributed by atoms with van der Waals surface area (Å²) in [6, 6.07) is 0. The van der Waals surface area contributed by atoms with Gasteiger partial charge >= 0.3 is 17.9 Å². The van der Waals surface area contributed by atoms with Crippen LogP contribution in [0.5, 0.6) is 0 Å². The summed E-state index contributed by atoms with van der Waals surface area (Å²) in [6.45, 7) is 6.49. The second kappa shape index (κ2) is 53.7. The van der Waals surface area contributed by atoms with Crippen molar-refractivity contribution >= 4 is 17.9 Å². The third-order valence-corrected chi connectivity index (χ3v) is 12.0. The monoisotopic (exact) mass is 909 g/mol. The van der Waals surface area contributed by atoms with E-state index in [0.29, 0.717) is 19.3 Å². The van der Waals surface area contributed by atoms with Crippen LogP contribution in [0.25, 0.3) is 0 Å². The van der Waals surface area contributed by atoms with Gasteiger partial charge in [0.05, 0.1) is 0 Å². The molecule has 0 aliphatic rings. The molecule has 65 heavy (non-hydrogen) atoms. The van der Waals surface area contributed by atoms with Gasteiger partial charge in [0.15, 0.2) is 6.10 Å². The van der Waals surface area contributed by atoms with Crippen LogP contribution >= 0.6 is 0 Å². The lowest BCUT2D eigenvalue weighted by Gasteiger charge is -2.18. The first-order chi connectivity index (χ1) is 32.0. The molecule has 0 fully saturated rings. The fourth-order valence-electron chi connectivity index (χ4n) is 7.83. The van der Waals surface area contributed by atoms with Gasteiger partial charge in [-0.25, -0.2) is 0 Å². The van der Waals surface area contributed by atoms with E-state index in [0.717, 1.165) is 116 Å². The average molecular weight is 909 g/mol. The molecular weight excluding hydrogens is 805 g/mol. The number of unbranched alkanes of at least 4 members (excludes halogenated alkanes) is 29. The number of esters is 3. The molecule has 0 saturated heterocycles. The number of hydrogen-bond donors (Lipinski definition) is 0. The van der Waals surface area contributed by atoms with E-state index in [1.54, 1.807) is 0 Å². The summed E-state index contributed by atoms with van der Waals surface area (Å²) >= 11 is 0. The summed E-state index contributed by atoms with van der Waals surface area (Å²) in [4.78, 5) is 38.1. The highest BCUT2D eigenvalue weighted by Gasteiger charge is 2.19. The third-order valence-electron chi connectivity index (χ3n) is 12.0. The van der Waals surface area contributed by atoms with E-state index in [2.05, 4.69) is 81.5 Å². The zero-order chi connectivity index (χ0) is 47.2. The standard InChI is InChI=1S/C59H104O6/c1-4-7-10-13-16-19-22-25-28-29-30-32-34-37-40-43-46-49-52-58(61)64-55-56(54-63-57(60)51-48-45-42-39-36-33-27-24-21-18-15-12-9-6-3)65-59(62)53-50-47-44-41-38-35-31-26-23-20-17-14-11-8-5-2/h8,11,15,17-18,20,24,26-27,31,56H,4-7,9-10,12-14,16,19,21-23,25,28-30,32-55H2,1-3H3/b11-8-,18-15-,20-17-,27-24-,31-26-. The number of rotatable bonds is 50. The Bertz CT molecular complexity index is 1180. The minimum atomic E-state index is -0.787. The Labute approximate surface area is 402 Å².